The molecule has 0 spiro atoms. The van der Waals surface area contributed by atoms with E-state index in [1.807, 2.05) is 6.08 Å². The predicted octanol–water partition coefficient (Wildman–Crippen LogP) is 2.86. The fraction of sp³-hybridized carbons (Fsp3) is 0.409. The summed E-state index contributed by atoms with van der Waals surface area (Å²) in [6, 6.07) is 10.6. The van der Waals surface area contributed by atoms with E-state index >= 15 is 0 Å². The van der Waals surface area contributed by atoms with Crippen molar-refractivity contribution in [2.45, 2.75) is 20.8 Å². The summed E-state index contributed by atoms with van der Waals surface area (Å²) in [6.07, 6.45) is 3.53. The van der Waals surface area contributed by atoms with Gasteiger partial charge in [-0.05, 0) is 50.6 Å². The topological polar surface area (TPSA) is 46.5 Å². The molecule has 3 rings (SSSR count). The quantitative estimate of drug-likeness (QED) is 0.799. The lowest BCUT2D eigenvalue weighted by Gasteiger charge is -2.26. The van der Waals surface area contributed by atoms with E-state index in [0.29, 0.717) is 6.54 Å². The van der Waals surface area contributed by atoms with Crippen LogP contribution in [0.3, 0.4) is 0 Å². The number of rotatable bonds is 6. The number of morpholine rings is 1. The minimum Gasteiger partial charge on any atom is -0.379 e. The van der Waals surface area contributed by atoms with Gasteiger partial charge in [0, 0.05) is 49.3 Å². The average Bonchev–Trinajstić information content (AvgIpc) is 2.95. The number of carbonyl (C=O) groups excluding carboxylic acids is 1. The van der Waals surface area contributed by atoms with Crippen molar-refractivity contribution in [1.82, 2.24) is 14.8 Å². The second kappa shape index (κ2) is 9.02. The first-order chi connectivity index (χ1) is 13.0. The molecule has 1 N–H and O–H groups in total. The van der Waals surface area contributed by atoms with Gasteiger partial charge in [-0.3, -0.25) is 9.69 Å². The number of ether oxygens (including phenoxy) is 1. The molecule has 0 aliphatic carbocycles. The molecule has 0 unspecified atom stereocenters. The number of hydrogen-bond acceptors (Lipinski definition) is 3. The Morgan fingerprint density at radius 1 is 1.15 bits per heavy atom. The third-order valence-corrected chi connectivity index (χ3v) is 5.01. The van der Waals surface area contributed by atoms with Gasteiger partial charge in [0.15, 0.2) is 0 Å². The molecule has 1 aliphatic rings. The molecule has 27 heavy (non-hydrogen) atoms. The van der Waals surface area contributed by atoms with Crippen molar-refractivity contribution >= 4 is 12.0 Å². The fourth-order valence-corrected chi connectivity index (χ4v) is 3.43. The van der Waals surface area contributed by atoms with Gasteiger partial charge in [0.05, 0.1) is 13.2 Å². The highest BCUT2D eigenvalue weighted by Gasteiger charge is 2.11. The minimum atomic E-state index is -0.0524. The van der Waals surface area contributed by atoms with Crippen LogP contribution in [0, 0.1) is 20.8 Å². The van der Waals surface area contributed by atoms with Gasteiger partial charge in [0.1, 0.15) is 0 Å². The smallest absolute Gasteiger partial charge is 0.244 e. The van der Waals surface area contributed by atoms with E-state index < -0.39 is 0 Å². The first-order valence-electron chi connectivity index (χ1n) is 9.56. The third kappa shape index (κ3) is 5.08. The molecule has 5 nitrogen and oxygen atoms in total. The Hall–Kier alpha value is -2.37. The predicted molar refractivity (Wildman–Crippen MR) is 109 cm³/mol. The number of benzene rings is 1. The van der Waals surface area contributed by atoms with E-state index in [9.17, 15) is 4.79 Å². The number of nitrogens with zero attached hydrogens (tertiary/aromatic N) is 2. The maximum absolute atomic E-state index is 12.1. The van der Waals surface area contributed by atoms with Crippen molar-refractivity contribution in [3.05, 3.63) is 58.9 Å². The summed E-state index contributed by atoms with van der Waals surface area (Å²) in [6.45, 7) is 11.2. The molecule has 5 heteroatoms. The number of nitrogens with one attached hydrogen (secondary N) is 1. The SMILES string of the molecule is Cc1ccc(-n2c(C)cc(/C=C/C(=O)NCCN3CCOCC3)c2C)cc1. The number of aryl methyl sites for hydroxylation is 2. The fourth-order valence-electron chi connectivity index (χ4n) is 3.43. The second-order valence-corrected chi connectivity index (χ2v) is 7.08. The van der Waals surface area contributed by atoms with Crippen LogP contribution in [0.1, 0.15) is 22.5 Å². The van der Waals surface area contributed by atoms with Gasteiger partial charge in [0.2, 0.25) is 5.91 Å². The molecule has 2 aromatic rings. The van der Waals surface area contributed by atoms with E-state index in [-0.39, 0.29) is 5.91 Å². The summed E-state index contributed by atoms with van der Waals surface area (Å²) in [4.78, 5) is 14.4. The first-order valence-corrected chi connectivity index (χ1v) is 9.56. The second-order valence-electron chi connectivity index (χ2n) is 7.08. The van der Waals surface area contributed by atoms with Crippen LogP contribution in [0.4, 0.5) is 0 Å². The Kier molecular flexibility index (Phi) is 6.48. The van der Waals surface area contributed by atoms with Crippen LogP contribution in [0.2, 0.25) is 0 Å². The molecular weight excluding hydrogens is 338 g/mol. The van der Waals surface area contributed by atoms with Gasteiger partial charge in [-0.15, -0.1) is 0 Å². The molecule has 144 valence electrons. The van der Waals surface area contributed by atoms with Crippen LogP contribution in [0.5, 0.6) is 0 Å². The molecule has 0 radical (unpaired) electrons. The van der Waals surface area contributed by atoms with Crippen LogP contribution >= 0.6 is 0 Å². The van der Waals surface area contributed by atoms with Crippen molar-refractivity contribution in [3.63, 3.8) is 0 Å². The minimum absolute atomic E-state index is 0.0524. The molecule has 1 aliphatic heterocycles. The highest BCUT2D eigenvalue weighted by molar-refractivity contribution is 5.91. The summed E-state index contributed by atoms with van der Waals surface area (Å²) in [7, 11) is 0. The Balaban J connectivity index is 1.59. The van der Waals surface area contributed by atoms with Crippen LogP contribution < -0.4 is 5.32 Å². The summed E-state index contributed by atoms with van der Waals surface area (Å²) >= 11 is 0. The van der Waals surface area contributed by atoms with Crippen LogP contribution in [-0.4, -0.2) is 54.8 Å². The Bertz CT molecular complexity index is 800. The zero-order valence-electron chi connectivity index (χ0n) is 16.5. The molecule has 2 heterocycles. The van der Waals surface area contributed by atoms with Crippen molar-refractivity contribution < 1.29 is 9.53 Å². The molecule has 1 aromatic heterocycles. The Morgan fingerprint density at radius 3 is 2.56 bits per heavy atom. The largest absolute Gasteiger partial charge is 0.379 e. The average molecular weight is 367 g/mol. The summed E-state index contributed by atoms with van der Waals surface area (Å²) in [5.41, 5.74) is 5.74. The van der Waals surface area contributed by atoms with Crippen LogP contribution in [0.15, 0.2) is 36.4 Å². The molecule has 0 saturated carbocycles. The maximum atomic E-state index is 12.1. The van der Waals surface area contributed by atoms with Crippen molar-refractivity contribution in [2.24, 2.45) is 0 Å². The lowest BCUT2D eigenvalue weighted by molar-refractivity contribution is -0.116. The number of aromatic nitrogens is 1. The van der Waals surface area contributed by atoms with E-state index in [1.165, 1.54) is 5.56 Å². The Morgan fingerprint density at radius 2 is 1.85 bits per heavy atom. The van der Waals surface area contributed by atoms with Crippen LogP contribution in [0.25, 0.3) is 11.8 Å². The molecule has 0 bridgehead atoms. The zero-order chi connectivity index (χ0) is 19.2. The van der Waals surface area contributed by atoms with Crippen LogP contribution in [-0.2, 0) is 9.53 Å². The number of amides is 1. The van der Waals surface area contributed by atoms with Gasteiger partial charge < -0.3 is 14.6 Å². The van der Waals surface area contributed by atoms with Crippen molar-refractivity contribution in [3.8, 4) is 5.69 Å². The lowest BCUT2D eigenvalue weighted by Crippen LogP contribution is -2.41. The van der Waals surface area contributed by atoms with Crippen molar-refractivity contribution in [1.29, 1.82) is 0 Å². The Labute approximate surface area is 161 Å². The normalized spacial score (nSPS) is 15.4. The highest BCUT2D eigenvalue weighted by atomic mass is 16.5. The standard InChI is InChI=1S/C22H29N3O2/c1-17-4-7-21(8-5-17)25-18(2)16-20(19(25)3)6-9-22(26)23-10-11-24-12-14-27-15-13-24/h4-9,16H,10-15H2,1-3H3,(H,23,26)/b9-6+. The first kappa shape index (κ1) is 19.4. The van der Waals surface area contributed by atoms with E-state index in [0.717, 1.165) is 55.5 Å². The number of carbonyl (C=O) groups is 1. The van der Waals surface area contributed by atoms with Gasteiger partial charge in [0.25, 0.3) is 0 Å². The zero-order valence-corrected chi connectivity index (χ0v) is 16.5. The van der Waals surface area contributed by atoms with E-state index in [1.54, 1.807) is 6.08 Å². The van der Waals surface area contributed by atoms with Gasteiger partial charge in [-0.25, -0.2) is 0 Å². The van der Waals surface area contributed by atoms with E-state index in [2.05, 4.69) is 65.9 Å². The number of hydrogen-bond donors (Lipinski definition) is 1. The molecule has 1 amide bonds. The third-order valence-electron chi connectivity index (χ3n) is 5.01. The van der Waals surface area contributed by atoms with Gasteiger partial charge in [-0.1, -0.05) is 17.7 Å². The maximum Gasteiger partial charge on any atom is 0.244 e. The lowest BCUT2D eigenvalue weighted by atomic mass is 10.2. The molecule has 1 aromatic carbocycles. The molecule has 1 saturated heterocycles. The highest BCUT2D eigenvalue weighted by Crippen LogP contribution is 2.22. The summed E-state index contributed by atoms with van der Waals surface area (Å²) in [5.74, 6) is -0.0524. The van der Waals surface area contributed by atoms with Crippen molar-refractivity contribution in [2.75, 3.05) is 39.4 Å². The summed E-state index contributed by atoms with van der Waals surface area (Å²) in [5, 5.41) is 2.96. The monoisotopic (exact) mass is 367 g/mol. The molecule has 0 atom stereocenters. The van der Waals surface area contributed by atoms with E-state index in [4.69, 9.17) is 4.74 Å². The van der Waals surface area contributed by atoms with Gasteiger partial charge >= 0.3 is 0 Å². The summed E-state index contributed by atoms with van der Waals surface area (Å²) < 4.78 is 7.55. The molecular formula is C22H29N3O2. The van der Waals surface area contributed by atoms with Gasteiger partial charge in [-0.2, -0.15) is 0 Å². The molecule has 1 fully saturated rings.